The number of alkyl halides is 2. The Morgan fingerprint density at radius 3 is 2.60 bits per heavy atom. The summed E-state index contributed by atoms with van der Waals surface area (Å²) >= 11 is 5.04. The summed E-state index contributed by atoms with van der Waals surface area (Å²) in [6, 6.07) is 0. The third-order valence-corrected chi connectivity index (χ3v) is 1.81. The molecule has 0 aliphatic rings. The summed E-state index contributed by atoms with van der Waals surface area (Å²) in [6.07, 6.45) is -2.48. The highest BCUT2D eigenvalue weighted by atomic mass is 35.5. The quantitative estimate of drug-likeness (QED) is 0.761. The Morgan fingerprint density at radius 1 is 1.60 bits per heavy atom. The van der Waals surface area contributed by atoms with Crippen LogP contribution in [0.15, 0.2) is 6.20 Å². The van der Waals surface area contributed by atoms with Crippen LogP contribution in [0, 0.1) is 5.82 Å². The van der Waals surface area contributed by atoms with Gasteiger partial charge in [0.15, 0.2) is 11.6 Å². The van der Waals surface area contributed by atoms with Crippen LogP contribution in [0.4, 0.5) is 13.2 Å². The summed E-state index contributed by atoms with van der Waals surface area (Å²) in [5.74, 6) is -1.73. The summed E-state index contributed by atoms with van der Waals surface area (Å²) in [6.45, 7) is 0. The topological polar surface area (TPSA) is 39.2 Å². The molecule has 0 saturated carbocycles. The first-order valence-corrected chi connectivity index (χ1v) is 4.07. The molecule has 7 heteroatoms. The normalized spacial score (nSPS) is 10.5. The van der Waals surface area contributed by atoms with E-state index in [2.05, 4.69) is 9.72 Å². The SMILES string of the molecule is COc1c(C(F)F)ncc(F)c1C(=O)Cl. The standard InChI is InChI=1S/C8H5ClF3NO2/c1-15-6-4(7(9)14)3(10)2-13-5(6)8(11)12/h2,8H,1H3. The number of pyridine rings is 1. The van der Waals surface area contributed by atoms with Crippen molar-refractivity contribution >= 4 is 16.8 Å². The molecule has 15 heavy (non-hydrogen) atoms. The molecule has 0 amide bonds. The van der Waals surface area contributed by atoms with E-state index in [1.54, 1.807) is 0 Å². The second-order valence-corrected chi connectivity index (χ2v) is 2.82. The number of carbonyl (C=O) groups is 1. The van der Waals surface area contributed by atoms with Crippen LogP contribution in [-0.4, -0.2) is 17.3 Å². The zero-order valence-electron chi connectivity index (χ0n) is 7.43. The van der Waals surface area contributed by atoms with E-state index in [-0.39, 0.29) is 0 Å². The lowest BCUT2D eigenvalue weighted by Crippen LogP contribution is -2.06. The number of rotatable bonds is 3. The molecule has 0 bridgehead atoms. The van der Waals surface area contributed by atoms with Crippen molar-refractivity contribution < 1.29 is 22.7 Å². The number of ether oxygens (including phenoxy) is 1. The molecule has 0 unspecified atom stereocenters. The summed E-state index contributed by atoms with van der Waals surface area (Å²) in [4.78, 5) is 13.9. The molecule has 0 aliphatic heterocycles. The molecule has 0 aromatic carbocycles. The van der Waals surface area contributed by atoms with Gasteiger partial charge in [-0.2, -0.15) is 0 Å². The first-order valence-electron chi connectivity index (χ1n) is 3.69. The molecule has 0 radical (unpaired) electrons. The summed E-state index contributed by atoms with van der Waals surface area (Å²) in [7, 11) is 1.02. The van der Waals surface area contributed by atoms with Gasteiger partial charge < -0.3 is 4.74 Å². The van der Waals surface area contributed by atoms with Crippen molar-refractivity contribution in [1.29, 1.82) is 0 Å². The van der Waals surface area contributed by atoms with Gasteiger partial charge in [-0.1, -0.05) is 0 Å². The molecule has 0 aliphatic carbocycles. The number of hydrogen-bond donors (Lipinski definition) is 0. The van der Waals surface area contributed by atoms with Crippen LogP contribution in [0.5, 0.6) is 5.75 Å². The van der Waals surface area contributed by atoms with Crippen molar-refractivity contribution in [2.75, 3.05) is 7.11 Å². The van der Waals surface area contributed by atoms with E-state index in [9.17, 15) is 18.0 Å². The second kappa shape index (κ2) is 4.48. The van der Waals surface area contributed by atoms with Crippen molar-refractivity contribution in [2.24, 2.45) is 0 Å². The molecule has 0 atom stereocenters. The predicted molar refractivity (Wildman–Crippen MR) is 45.9 cm³/mol. The number of hydrogen-bond acceptors (Lipinski definition) is 3. The van der Waals surface area contributed by atoms with E-state index in [4.69, 9.17) is 11.6 Å². The fraction of sp³-hybridized carbons (Fsp3) is 0.250. The average Bonchev–Trinajstić information content (AvgIpc) is 2.15. The van der Waals surface area contributed by atoms with Crippen LogP contribution in [0.3, 0.4) is 0 Å². The van der Waals surface area contributed by atoms with Gasteiger partial charge in [0.25, 0.3) is 11.7 Å². The number of halogens is 4. The van der Waals surface area contributed by atoms with E-state index < -0.39 is 34.5 Å². The van der Waals surface area contributed by atoms with Gasteiger partial charge in [-0.05, 0) is 11.6 Å². The van der Waals surface area contributed by atoms with Crippen LogP contribution in [-0.2, 0) is 0 Å². The summed E-state index contributed by atoms with van der Waals surface area (Å²) in [5.41, 5.74) is -1.55. The second-order valence-electron chi connectivity index (χ2n) is 2.47. The Labute approximate surface area is 87.8 Å². The lowest BCUT2D eigenvalue weighted by atomic mass is 10.2. The van der Waals surface area contributed by atoms with Gasteiger partial charge in [0.2, 0.25) is 0 Å². The number of methoxy groups -OCH3 is 1. The van der Waals surface area contributed by atoms with Gasteiger partial charge in [0.05, 0.1) is 13.3 Å². The molecule has 0 N–H and O–H groups in total. The van der Waals surface area contributed by atoms with E-state index in [1.807, 2.05) is 0 Å². The molecule has 1 aromatic rings. The zero-order chi connectivity index (χ0) is 11.6. The summed E-state index contributed by atoms with van der Waals surface area (Å²) < 4.78 is 42.3. The van der Waals surface area contributed by atoms with Crippen molar-refractivity contribution in [3.8, 4) is 5.75 Å². The van der Waals surface area contributed by atoms with E-state index in [0.717, 1.165) is 7.11 Å². The molecule has 0 saturated heterocycles. The largest absolute Gasteiger partial charge is 0.494 e. The molecular weight excluding hydrogens is 235 g/mol. The minimum absolute atomic E-state index is 0.500. The van der Waals surface area contributed by atoms with Crippen molar-refractivity contribution in [1.82, 2.24) is 4.98 Å². The molecule has 0 spiro atoms. The van der Waals surface area contributed by atoms with E-state index in [1.165, 1.54) is 0 Å². The van der Waals surface area contributed by atoms with Crippen molar-refractivity contribution in [2.45, 2.75) is 6.43 Å². The molecule has 3 nitrogen and oxygen atoms in total. The molecular formula is C8H5ClF3NO2. The van der Waals surface area contributed by atoms with Crippen LogP contribution in [0.25, 0.3) is 0 Å². The average molecular weight is 240 g/mol. The first kappa shape index (κ1) is 11.8. The fourth-order valence-corrected chi connectivity index (χ4v) is 1.21. The lowest BCUT2D eigenvalue weighted by Gasteiger charge is -2.09. The Balaban J connectivity index is 3.47. The summed E-state index contributed by atoms with van der Waals surface area (Å²) in [5, 5.41) is -1.21. The maximum atomic E-state index is 13.0. The Hall–Kier alpha value is -1.30. The highest BCUT2D eigenvalue weighted by molar-refractivity contribution is 6.68. The van der Waals surface area contributed by atoms with Crippen molar-refractivity contribution in [3.63, 3.8) is 0 Å². The predicted octanol–water partition coefficient (Wildman–Crippen LogP) is 2.55. The van der Waals surface area contributed by atoms with Gasteiger partial charge >= 0.3 is 0 Å². The first-order chi connectivity index (χ1) is 6.99. The monoisotopic (exact) mass is 239 g/mol. The zero-order valence-corrected chi connectivity index (χ0v) is 8.19. The lowest BCUT2D eigenvalue weighted by molar-refractivity contribution is 0.107. The van der Waals surface area contributed by atoms with Crippen LogP contribution in [0.1, 0.15) is 22.5 Å². The third kappa shape index (κ3) is 2.20. The Bertz CT molecular complexity index is 398. The maximum Gasteiger partial charge on any atom is 0.284 e. The fourth-order valence-electron chi connectivity index (χ4n) is 1.03. The van der Waals surface area contributed by atoms with Gasteiger partial charge in [-0.15, -0.1) is 0 Å². The van der Waals surface area contributed by atoms with Crippen LogP contribution >= 0.6 is 11.6 Å². The molecule has 1 heterocycles. The molecule has 1 rings (SSSR count). The minimum atomic E-state index is -2.98. The Morgan fingerprint density at radius 2 is 2.20 bits per heavy atom. The van der Waals surface area contributed by atoms with Crippen LogP contribution < -0.4 is 4.74 Å². The van der Waals surface area contributed by atoms with Gasteiger partial charge in [0, 0.05) is 0 Å². The van der Waals surface area contributed by atoms with Gasteiger partial charge in [0.1, 0.15) is 11.3 Å². The molecule has 1 aromatic heterocycles. The van der Waals surface area contributed by atoms with Gasteiger partial charge in [-0.25, -0.2) is 18.2 Å². The minimum Gasteiger partial charge on any atom is -0.494 e. The molecule has 0 fully saturated rings. The van der Waals surface area contributed by atoms with E-state index >= 15 is 0 Å². The number of nitrogens with zero attached hydrogens (tertiary/aromatic N) is 1. The molecule has 82 valence electrons. The van der Waals surface area contributed by atoms with Gasteiger partial charge in [-0.3, -0.25) is 4.79 Å². The van der Waals surface area contributed by atoms with Crippen LogP contribution in [0.2, 0.25) is 0 Å². The highest BCUT2D eigenvalue weighted by Crippen LogP contribution is 2.32. The maximum absolute atomic E-state index is 13.0. The Kier molecular flexibility index (Phi) is 3.52. The smallest absolute Gasteiger partial charge is 0.284 e. The van der Waals surface area contributed by atoms with E-state index in [0.29, 0.717) is 6.20 Å². The number of aromatic nitrogens is 1. The number of carbonyl (C=O) groups excluding carboxylic acids is 1. The third-order valence-electron chi connectivity index (χ3n) is 1.62. The van der Waals surface area contributed by atoms with Crippen molar-refractivity contribution in [3.05, 3.63) is 23.3 Å². The highest BCUT2D eigenvalue weighted by Gasteiger charge is 2.25.